The molecule has 0 saturated heterocycles. The third-order valence-corrected chi connectivity index (χ3v) is 8.06. The van der Waals surface area contributed by atoms with Crippen molar-refractivity contribution >= 4 is 16.6 Å². The fourth-order valence-electron chi connectivity index (χ4n) is 5.79. The van der Waals surface area contributed by atoms with E-state index in [0.29, 0.717) is 23.3 Å². The summed E-state index contributed by atoms with van der Waals surface area (Å²) in [5.41, 5.74) is 12.6. The molecule has 304 valence electrons. The van der Waals surface area contributed by atoms with Crippen LogP contribution in [0.15, 0.2) is 122 Å². The van der Waals surface area contributed by atoms with E-state index in [1.165, 1.54) is 57.6 Å². The second-order valence-corrected chi connectivity index (χ2v) is 16.3. The van der Waals surface area contributed by atoms with Gasteiger partial charge in [0.2, 0.25) is 0 Å². The number of nitrogens with zero attached hydrogens (tertiary/aromatic N) is 1. The number of fused-ring (bicyclic) bond motifs is 1. The first-order chi connectivity index (χ1) is 26.1. The van der Waals surface area contributed by atoms with Gasteiger partial charge in [0.15, 0.2) is 0 Å². The smallest absolute Gasteiger partial charge is 0.126 e. The molecule has 0 fully saturated rings. The maximum atomic E-state index is 4.61. The molecular formula is C51H80N4. The summed E-state index contributed by atoms with van der Waals surface area (Å²) in [5.74, 6) is 1.95. The summed E-state index contributed by atoms with van der Waals surface area (Å²) in [6, 6.07) is 28.9. The lowest BCUT2D eigenvalue weighted by Gasteiger charge is -2.31. The number of hydrogen-bond donors (Lipinski definition) is 3. The molecule has 0 bridgehead atoms. The maximum Gasteiger partial charge on any atom is 0.126 e. The number of nitrogens with two attached hydrogens (primary N) is 1. The quantitative estimate of drug-likeness (QED) is 0.0789. The molecule has 2 unspecified atom stereocenters. The zero-order valence-corrected chi connectivity index (χ0v) is 37.2. The highest BCUT2D eigenvalue weighted by molar-refractivity contribution is 5.96. The summed E-state index contributed by atoms with van der Waals surface area (Å²) in [6.45, 7) is 38.7. The number of aryl methyl sites for hydroxylation is 1. The average molecular weight is 749 g/mol. The molecule has 4 nitrogen and oxygen atoms in total. The van der Waals surface area contributed by atoms with Gasteiger partial charge in [0, 0.05) is 30.4 Å². The molecule has 3 aromatic carbocycles. The van der Waals surface area contributed by atoms with Crippen molar-refractivity contribution in [1.29, 1.82) is 0 Å². The first-order valence-corrected chi connectivity index (χ1v) is 20.8. The van der Waals surface area contributed by atoms with Crippen molar-refractivity contribution in [2.45, 2.75) is 140 Å². The topological polar surface area (TPSA) is 63.0 Å². The van der Waals surface area contributed by atoms with Crippen LogP contribution in [0, 0.1) is 18.3 Å². The lowest BCUT2D eigenvalue weighted by atomic mass is 9.82. The van der Waals surface area contributed by atoms with Gasteiger partial charge in [-0.3, -0.25) is 0 Å². The second-order valence-electron chi connectivity index (χ2n) is 16.3. The van der Waals surface area contributed by atoms with Crippen LogP contribution < -0.4 is 16.4 Å². The molecule has 0 aliphatic rings. The molecule has 0 radical (unpaired) electrons. The zero-order valence-electron chi connectivity index (χ0n) is 37.2. The van der Waals surface area contributed by atoms with E-state index in [2.05, 4.69) is 183 Å². The van der Waals surface area contributed by atoms with Crippen LogP contribution in [0.25, 0.3) is 21.9 Å². The number of hydrogen-bond acceptors (Lipinski definition) is 4. The van der Waals surface area contributed by atoms with Gasteiger partial charge in [0.1, 0.15) is 5.82 Å². The Labute approximate surface area is 339 Å². The minimum absolute atomic E-state index is 0.314. The average Bonchev–Trinajstić information content (AvgIpc) is 3.13. The summed E-state index contributed by atoms with van der Waals surface area (Å²) in [5, 5.41) is 9.92. The predicted molar refractivity (Wildman–Crippen MR) is 250 cm³/mol. The molecule has 4 aromatic rings. The van der Waals surface area contributed by atoms with E-state index in [-0.39, 0.29) is 0 Å². The Morgan fingerprint density at radius 1 is 0.873 bits per heavy atom. The Morgan fingerprint density at radius 3 is 2.02 bits per heavy atom. The van der Waals surface area contributed by atoms with Gasteiger partial charge in [-0.2, -0.15) is 0 Å². The van der Waals surface area contributed by atoms with Crippen LogP contribution in [0.2, 0.25) is 0 Å². The van der Waals surface area contributed by atoms with Crippen molar-refractivity contribution < 1.29 is 0 Å². The van der Waals surface area contributed by atoms with Crippen LogP contribution >= 0.6 is 0 Å². The van der Waals surface area contributed by atoms with Gasteiger partial charge in [-0.15, -0.1) is 6.58 Å². The molecule has 0 saturated carbocycles. The van der Waals surface area contributed by atoms with E-state index < -0.39 is 0 Å². The zero-order chi connectivity index (χ0) is 41.8. The van der Waals surface area contributed by atoms with Crippen LogP contribution in [-0.4, -0.2) is 17.6 Å². The van der Waals surface area contributed by atoms with Crippen molar-refractivity contribution in [1.82, 2.24) is 10.3 Å². The molecule has 55 heavy (non-hydrogen) atoms. The third-order valence-electron chi connectivity index (χ3n) is 8.06. The van der Waals surface area contributed by atoms with Gasteiger partial charge in [-0.05, 0) is 115 Å². The second kappa shape index (κ2) is 29.0. The number of nitrogens with one attached hydrogen (secondary N) is 2. The summed E-state index contributed by atoms with van der Waals surface area (Å²) in [4.78, 5) is 4.41. The van der Waals surface area contributed by atoms with Gasteiger partial charge >= 0.3 is 0 Å². The van der Waals surface area contributed by atoms with Gasteiger partial charge in [-0.1, -0.05) is 161 Å². The summed E-state index contributed by atoms with van der Waals surface area (Å²) in [7, 11) is 0. The number of anilines is 1. The van der Waals surface area contributed by atoms with E-state index in [1.54, 1.807) is 0 Å². The van der Waals surface area contributed by atoms with Crippen LogP contribution in [0.1, 0.15) is 138 Å². The molecule has 4 N–H and O–H groups in total. The lowest BCUT2D eigenvalue weighted by molar-refractivity contribution is 0.391. The number of aromatic nitrogens is 1. The van der Waals surface area contributed by atoms with E-state index in [1.807, 2.05) is 26.1 Å². The third kappa shape index (κ3) is 23.3. The molecule has 2 atom stereocenters. The summed E-state index contributed by atoms with van der Waals surface area (Å²) < 4.78 is 0. The van der Waals surface area contributed by atoms with Crippen LogP contribution in [-0.2, 0) is 0 Å². The Balaban J connectivity index is 0.00000196. The van der Waals surface area contributed by atoms with Crippen molar-refractivity contribution in [3.05, 3.63) is 133 Å². The van der Waals surface area contributed by atoms with E-state index in [0.717, 1.165) is 50.2 Å². The van der Waals surface area contributed by atoms with Gasteiger partial charge in [0.05, 0.1) is 0 Å². The predicted octanol–water partition coefficient (Wildman–Crippen LogP) is 15.0. The first kappa shape index (κ1) is 50.7. The van der Waals surface area contributed by atoms with Crippen LogP contribution in [0.5, 0.6) is 0 Å². The van der Waals surface area contributed by atoms with Crippen LogP contribution in [0.3, 0.4) is 0 Å². The Hall–Kier alpha value is -4.31. The van der Waals surface area contributed by atoms with E-state index in [4.69, 9.17) is 0 Å². The highest BCUT2D eigenvalue weighted by atomic mass is 15.0. The monoisotopic (exact) mass is 749 g/mol. The number of pyridine rings is 1. The Bertz CT molecular complexity index is 1600. The molecule has 0 aliphatic heterocycles. The normalized spacial score (nSPS) is 11.4. The molecule has 0 spiro atoms. The van der Waals surface area contributed by atoms with Crippen molar-refractivity contribution in [2.75, 3.05) is 11.9 Å². The van der Waals surface area contributed by atoms with Gasteiger partial charge < -0.3 is 16.4 Å². The minimum Gasteiger partial charge on any atom is -0.405 e. The van der Waals surface area contributed by atoms with Crippen molar-refractivity contribution in [2.24, 2.45) is 17.1 Å². The molecule has 4 heteroatoms. The van der Waals surface area contributed by atoms with Crippen LogP contribution in [0.4, 0.5) is 5.82 Å². The standard InChI is InChI=1S/C39H49N3.C5H12.C3H8.C2H5N.C2H6/c1-28(2)17-22-38(42-31(6)12-9-10-24-40-39-27-30(5)23-25-41-39)37(26-29(3)4)34-20-18-33(19-21-34)36-16-11-14-32-13-7-8-15-35(32)36;1-5(2,3)4;1-3-2;1-2-3;1-2/h7-8,11,13-16,18-21,23,25,27-28,37-38,42H,3,6,9-10,12,17,22,24,26H2,1-2,4-5H3,(H,40,41);1-4H3;3H2,1-2H3;2H,1,3H2;1-2H3. The molecule has 1 aromatic heterocycles. The molecule has 1 heterocycles. The first-order valence-electron chi connectivity index (χ1n) is 20.8. The van der Waals surface area contributed by atoms with E-state index in [9.17, 15) is 0 Å². The highest BCUT2D eigenvalue weighted by Gasteiger charge is 2.24. The van der Waals surface area contributed by atoms with E-state index >= 15 is 0 Å². The fraction of sp³-hybridized carbons (Fsp3) is 0.471. The van der Waals surface area contributed by atoms with Crippen molar-refractivity contribution in [3.63, 3.8) is 0 Å². The van der Waals surface area contributed by atoms with Gasteiger partial charge in [-0.25, -0.2) is 4.98 Å². The molecule has 0 amide bonds. The molecule has 4 rings (SSSR count). The Morgan fingerprint density at radius 2 is 1.45 bits per heavy atom. The van der Waals surface area contributed by atoms with Gasteiger partial charge in [0.25, 0.3) is 0 Å². The largest absolute Gasteiger partial charge is 0.405 e. The SMILES string of the molecule is C=C(C)CC(c1ccc(-c2cccc3ccccc23)cc1)C(CCC(C)C)NC(=C)CCCCNc1cc(C)ccn1.C=CN.CC.CC(C)(C)C.CCC. The maximum absolute atomic E-state index is 4.61. The fourth-order valence-corrected chi connectivity index (χ4v) is 5.79. The highest BCUT2D eigenvalue weighted by Crippen LogP contribution is 2.34. The number of unbranched alkanes of at least 4 members (excludes halogenated alkanes) is 1. The number of allylic oxidation sites excluding steroid dienone is 2. The number of benzene rings is 3. The summed E-state index contributed by atoms with van der Waals surface area (Å²) in [6.07, 6.45) is 10.8. The lowest BCUT2D eigenvalue weighted by Crippen LogP contribution is -2.35. The van der Waals surface area contributed by atoms with Crippen molar-refractivity contribution in [3.8, 4) is 11.1 Å². The molecular weight excluding hydrogens is 669 g/mol. The molecule has 0 aliphatic carbocycles. The minimum atomic E-state index is 0.314. The Kier molecular flexibility index (Phi) is 26.8. The number of rotatable bonds is 16. The summed E-state index contributed by atoms with van der Waals surface area (Å²) >= 11 is 0.